The highest BCUT2D eigenvalue weighted by Crippen LogP contribution is 2.23. The van der Waals surface area contributed by atoms with Gasteiger partial charge in [-0.2, -0.15) is 0 Å². The summed E-state index contributed by atoms with van der Waals surface area (Å²) in [5, 5.41) is 9.89. The minimum atomic E-state index is -0.685. The van der Waals surface area contributed by atoms with Crippen LogP contribution >= 0.6 is 0 Å². The van der Waals surface area contributed by atoms with E-state index in [0.717, 1.165) is 25.7 Å². The van der Waals surface area contributed by atoms with E-state index < -0.39 is 11.8 Å². The predicted octanol–water partition coefficient (Wildman–Crippen LogP) is 5.59. The molecular weight excluding hydrogens is 352 g/mol. The zero-order valence-electron chi connectivity index (χ0n) is 17.6. The molecule has 0 spiro atoms. The Kier molecular flexibility index (Phi) is 8.28. The van der Waals surface area contributed by atoms with Crippen molar-refractivity contribution in [2.45, 2.75) is 84.0 Å². The molecule has 1 heterocycles. The van der Waals surface area contributed by atoms with E-state index in [0.29, 0.717) is 6.42 Å². The molecule has 0 radical (unpaired) electrons. The highest BCUT2D eigenvalue weighted by Gasteiger charge is 2.31. The van der Waals surface area contributed by atoms with Crippen LogP contribution in [0.1, 0.15) is 83.3 Å². The highest BCUT2D eigenvalue weighted by atomic mass is 16.5. The van der Waals surface area contributed by atoms with Gasteiger partial charge < -0.3 is 9.84 Å². The minimum Gasteiger partial charge on any atom is -0.511 e. The van der Waals surface area contributed by atoms with E-state index in [2.05, 4.69) is 49.8 Å². The van der Waals surface area contributed by atoms with Crippen LogP contribution in [0.3, 0.4) is 0 Å². The van der Waals surface area contributed by atoms with E-state index in [1.54, 1.807) is 0 Å². The predicted molar refractivity (Wildman–Crippen MR) is 111 cm³/mol. The number of carbonyl (C=O) groups excluding carboxylic acids is 2. The molecule has 1 aromatic carbocycles. The molecule has 1 aliphatic rings. The number of unbranched alkanes of at least 4 members (excludes halogenated alkanes) is 6. The Morgan fingerprint density at radius 3 is 2.04 bits per heavy atom. The number of hydrogen-bond donors (Lipinski definition) is 1. The number of ketones is 1. The molecule has 1 N–H and O–H groups in total. The van der Waals surface area contributed by atoms with E-state index in [-0.39, 0.29) is 23.4 Å². The lowest BCUT2D eigenvalue weighted by Gasteiger charge is -2.19. The first-order valence-corrected chi connectivity index (χ1v) is 10.5. The quantitative estimate of drug-likeness (QED) is 0.187. The molecular formula is C24H34O4. The Balaban J connectivity index is 1.53. The van der Waals surface area contributed by atoms with Gasteiger partial charge in [-0.15, -0.1) is 0 Å². The molecule has 1 aromatic rings. The zero-order valence-corrected chi connectivity index (χ0v) is 17.6. The summed E-state index contributed by atoms with van der Waals surface area (Å²) in [6.45, 7) is 6.48. The summed E-state index contributed by atoms with van der Waals surface area (Å²) in [4.78, 5) is 22.8. The summed E-state index contributed by atoms with van der Waals surface area (Å²) < 4.78 is 4.63. The number of benzene rings is 1. The Hall–Kier alpha value is -2.10. The van der Waals surface area contributed by atoms with E-state index in [1.165, 1.54) is 36.8 Å². The summed E-state index contributed by atoms with van der Waals surface area (Å²) in [5.74, 6) is -1.20. The first-order chi connectivity index (χ1) is 13.3. The molecule has 0 bridgehead atoms. The molecule has 154 valence electrons. The summed E-state index contributed by atoms with van der Waals surface area (Å²) in [7, 11) is 0. The highest BCUT2D eigenvalue weighted by molar-refractivity contribution is 6.22. The number of Topliss-reactive ketones (excluding diaryl/α,β-unsaturated/α-hetero) is 1. The number of aryl methyl sites for hydroxylation is 1. The standard InChI is InChI=1S/C24H34O4/c1-24(2,3)19-15-13-18(14-16-19)11-9-7-5-4-6-8-10-12-20(25)22-21(26)17-28-23(22)27/h13-16,25H,4-12,17H2,1-3H3. The summed E-state index contributed by atoms with van der Waals surface area (Å²) in [6.07, 6.45) is 9.25. The number of aliphatic hydroxyl groups excluding tert-OH is 1. The average molecular weight is 387 g/mol. The van der Waals surface area contributed by atoms with Crippen LogP contribution in [0.5, 0.6) is 0 Å². The number of aliphatic hydroxyl groups is 1. The molecule has 28 heavy (non-hydrogen) atoms. The zero-order chi connectivity index (χ0) is 20.6. The number of rotatable bonds is 10. The molecule has 4 heteroatoms. The third-order valence-electron chi connectivity index (χ3n) is 5.30. The van der Waals surface area contributed by atoms with Crippen LogP contribution in [0.4, 0.5) is 0 Å². The molecule has 4 nitrogen and oxygen atoms in total. The van der Waals surface area contributed by atoms with Gasteiger partial charge in [0.05, 0.1) is 0 Å². The summed E-state index contributed by atoms with van der Waals surface area (Å²) in [6, 6.07) is 9.01. The van der Waals surface area contributed by atoms with Crippen molar-refractivity contribution in [3.8, 4) is 0 Å². The topological polar surface area (TPSA) is 63.6 Å². The molecule has 0 aliphatic carbocycles. The Bertz CT molecular complexity index is 674. The van der Waals surface area contributed by atoms with Crippen molar-refractivity contribution in [1.29, 1.82) is 0 Å². The van der Waals surface area contributed by atoms with E-state index in [4.69, 9.17) is 0 Å². The summed E-state index contributed by atoms with van der Waals surface area (Å²) >= 11 is 0. The molecule has 2 rings (SSSR count). The number of allylic oxidation sites excluding steroid dienone is 1. The molecule has 1 aliphatic heterocycles. The fraction of sp³-hybridized carbons (Fsp3) is 0.583. The normalized spacial score (nSPS) is 16.4. The van der Waals surface area contributed by atoms with Crippen LogP contribution in [0.2, 0.25) is 0 Å². The molecule has 0 atom stereocenters. The molecule has 1 fully saturated rings. The van der Waals surface area contributed by atoms with Gasteiger partial charge in [-0.05, 0) is 35.8 Å². The van der Waals surface area contributed by atoms with Crippen molar-refractivity contribution in [2.75, 3.05) is 6.61 Å². The van der Waals surface area contributed by atoms with Gasteiger partial charge in [-0.3, -0.25) is 4.79 Å². The lowest BCUT2D eigenvalue weighted by atomic mass is 9.86. The van der Waals surface area contributed by atoms with E-state index in [1.807, 2.05) is 0 Å². The lowest BCUT2D eigenvalue weighted by molar-refractivity contribution is -0.135. The van der Waals surface area contributed by atoms with Crippen molar-refractivity contribution in [3.05, 3.63) is 46.7 Å². The smallest absolute Gasteiger partial charge is 0.345 e. The third-order valence-corrected chi connectivity index (χ3v) is 5.30. The van der Waals surface area contributed by atoms with Crippen molar-refractivity contribution in [1.82, 2.24) is 0 Å². The van der Waals surface area contributed by atoms with Crippen LogP contribution < -0.4 is 0 Å². The number of hydrogen-bond acceptors (Lipinski definition) is 4. The first kappa shape index (κ1) is 22.2. The number of cyclic esters (lactones) is 1. The minimum absolute atomic E-state index is 0.107. The molecule has 1 saturated heterocycles. The second kappa shape index (κ2) is 10.4. The Morgan fingerprint density at radius 2 is 1.50 bits per heavy atom. The number of carbonyl (C=O) groups is 2. The van der Waals surface area contributed by atoms with Crippen LogP contribution in [0.25, 0.3) is 0 Å². The van der Waals surface area contributed by atoms with Gasteiger partial charge in [0, 0.05) is 6.42 Å². The number of esters is 1. The van der Waals surface area contributed by atoms with Gasteiger partial charge in [0.25, 0.3) is 0 Å². The second-order valence-electron chi connectivity index (χ2n) is 8.74. The lowest BCUT2D eigenvalue weighted by Crippen LogP contribution is -2.10. The van der Waals surface area contributed by atoms with Gasteiger partial charge in [-0.1, -0.05) is 77.1 Å². The van der Waals surface area contributed by atoms with Crippen LogP contribution in [0.15, 0.2) is 35.6 Å². The molecule has 0 unspecified atom stereocenters. The van der Waals surface area contributed by atoms with Crippen LogP contribution in [-0.2, 0) is 26.2 Å². The van der Waals surface area contributed by atoms with Crippen LogP contribution in [0, 0.1) is 0 Å². The molecule has 0 aromatic heterocycles. The maximum absolute atomic E-state index is 11.5. The maximum atomic E-state index is 11.5. The van der Waals surface area contributed by atoms with Crippen molar-refractivity contribution in [2.24, 2.45) is 0 Å². The fourth-order valence-electron chi connectivity index (χ4n) is 3.47. The van der Waals surface area contributed by atoms with E-state index >= 15 is 0 Å². The first-order valence-electron chi connectivity index (χ1n) is 10.5. The van der Waals surface area contributed by atoms with Crippen molar-refractivity contribution < 1.29 is 19.4 Å². The van der Waals surface area contributed by atoms with Gasteiger partial charge in [0.2, 0.25) is 5.78 Å². The fourth-order valence-corrected chi connectivity index (χ4v) is 3.47. The van der Waals surface area contributed by atoms with Crippen LogP contribution in [-0.4, -0.2) is 23.5 Å². The number of ether oxygens (including phenoxy) is 1. The monoisotopic (exact) mass is 386 g/mol. The third kappa shape index (κ3) is 6.81. The van der Waals surface area contributed by atoms with Gasteiger partial charge in [0.15, 0.2) is 6.61 Å². The SMILES string of the molecule is CC(C)(C)c1ccc(CCCCCCCCCC(O)=C2C(=O)COC2=O)cc1. The largest absolute Gasteiger partial charge is 0.511 e. The average Bonchev–Trinajstić information content (AvgIpc) is 2.98. The van der Waals surface area contributed by atoms with Crippen molar-refractivity contribution >= 4 is 11.8 Å². The molecule has 0 saturated carbocycles. The van der Waals surface area contributed by atoms with Gasteiger partial charge in [0.1, 0.15) is 11.3 Å². The maximum Gasteiger partial charge on any atom is 0.345 e. The Labute approximate surface area is 169 Å². The Morgan fingerprint density at radius 1 is 0.929 bits per heavy atom. The van der Waals surface area contributed by atoms with Gasteiger partial charge >= 0.3 is 5.97 Å². The molecule has 0 amide bonds. The second-order valence-corrected chi connectivity index (χ2v) is 8.74. The van der Waals surface area contributed by atoms with Crippen molar-refractivity contribution in [3.63, 3.8) is 0 Å². The van der Waals surface area contributed by atoms with Gasteiger partial charge in [-0.25, -0.2) is 4.79 Å². The van der Waals surface area contributed by atoms with E-state index in [9.17, 15) is 14.7 Å². The summed E-state index contributed by atoms with van der Waals surface area (Å²) in [5.41, 5.74) is 2.86.